The molecule has 0 unspecified atom stereocenters. The monoisotopic (exact) mass is 326 g/mol. The molecular weight excluding hydrogens is 314 g/mol. The molecule has 2 aliphatic rings. The van der Waals surface area contributed by atoms with E-state index in [4.69, 9.17) is 5.21 Å². The van der Waals surface area contributed by atoms with Gasteiger partial charge in [-0.2, -0.15) is 0 Å². The predicted octanol–water partition coefficient (Wildman–Crippen LogP) is 3.47. The Morgan fingerprint density at radius 3 is 2.74 bits per heavy atom. The van der Waals surface area contributed by atoms with Crippen molar-refractivity contribution in [1.29, 1.82) is 0 Å². The van der Waals surface area contributed by atoms with Crippen LogP contribution >= 0.6 is 11.8 Å². The molecule has 6 nitrogen and oxygen atoms in total. The first-order valence-electron chi connectivity index (χ1n) is 6.97. The lowest BCUT2D eigenvalue weighted by atomic mass is 10.1. The highest BCUT2D eigenvalue weighted by Crippen LogP contribution is 2.42. The summed E-state index contributed by atoms with van der Waals surface area (Å²) in [5.74, 6) is 0.565. The van der Waals surface area contributed by atoms with Crippen LogP contribution in [0.15, 0.2) is 47.5 Å². The van der Waals surface area contributed by atoms with E-state index in [-0.39, 0.29) is 16.5 Å². The van der Waals surface area contributed by atoms with E-state index >= 15 is 0 Å². The number of amides is 1. The van der Waals surface area contributed by atoms with E-state index in [2.05, 4.69) is 16.7 Å². The van der Waals surface area contributed by atoms with Crippen molar-refractivity contribution in [2.24, 2.45) is 0 Å². The number of nitrogens with zero attached hydrogens (tertiary/aromatic N) is 1. The molecule has 0 aromatic heterocycles. The molecule has 23 heavy (non-hydrogen) atoms. The Balaban J connectivity index is 1.79. The van der Waals surface area contributed by atoms with Gasteiger partial charge in [-0.25, -0.2) is 5.21 Å². The first-order chi connectivity index (χ1) is 11.1. The van der Waals surface area contributed by atoms with Crippen molar-refractivity contribution in [1.82, 2.24) is 0 Å². The number of benzene rings is 2. The molecule has 0 saturated heterocycles. The Morgan fingerprint density at radius 1 is 1.09 bits per heavy atom. The van der Waals surface area contributed by atoms with Crippen LogP contribution in [0.3, 0.4) is 0 Å². The fourth-order valence-corrected chi connectivity index (χ4v) is 3.80. The van der Waals surface area contributed by atoms with Gasteiger partial charge in [0.1, 0.15) is 0 Å². The third kappa shape index (κ3) is 2.25. The highest BCUT2D eigenvalue weighted by Gasteiger charge is 2.31. The van der Waals surface area contributed by atoms with Gasteiger partial charge in [0.25, 0.3) is 10.8 Å². The molecule has 114 valence electrons. The van der Waals surface area contributed by atoms with E-state index in [0.717, 1.165) is 22.0 Å². The first-order valence-corrected chi connectivity index (χ1v) is 7.96. The number of carbonyl (C=O) groups is 1. The summed E-state index contributed by atoms with van der Waals surface area (Å²) in [6, 6.07) is 12.6. The highest BCUT2D eigenvalue weighted by atomic mass is 32.2. The van der Waals surface area contributed by atoms with Crippen molar-refractivity contribution in [3.63, 3.8) is 0 Å². The van der Waals surface area contributed by atoms with Crippen LogP contribution in [0.1, 0.15) is 11.1 Å². The van der Waals surface area contributed by atoms with Gasteiger partial charge in [-0.3, -0.25) is 4.79 Å². The summed E-state index contributed by atoms with van der Waals surface area (Å²) in [6.07, 6.45) is 0. The average molecular weight is 326 g/mol. The lowest BCUT2D eigenvalue weighted by molar-refractivity contribution is -0.729. The lowest BCUT2D eigenvalue weighted by Crippen LogP contribution is -2.12. The number of thioether (sulfide) groups is 1. The van der Waals surface area contributed by atoms with Gasteiger partial charge in [-0.1, -0.05) is 18.2 Å². The van der Waals surface area contributed by atoms with Crippen LogP contribution in [-0.2, 0) is 10.5 Å². The van der Waals surface area contributed by atoms with Crippen LogP contribution in [-0.4, -0.2) is 16.0 Å². The second-order valence-electron chi connectivity index (χ2n) is 5.23. The van der Waals surface area contributed by atoms with Crippen LogP contribution in [0.4, 0.5) is 17.1 Å². The summed E-state index contributed by atoms with van der Waals surface area (Å²) in [6.45, 7) is 0. The first kappa shape index (κ1) is 13.8. The maximum atomic E-state index is 12.3. The summed E-state index contributed by atoms with van der Waals surface area (Å²) in [5, 5.41) is 15.8. The molecule has 0 spiro atoms. The van der Waals surface area contributed by atoms with Gasteiger partial charge < -0.3 is 10.6 Å². The van der Waals surface area contributed by atoms with E-state index in [1.807, 2.05) is 18.2 Å². The molecular formula is C16H12N3O3S+. The SMILES string of the molecule is O=C1Nc2cc([N+](=O)O)ccc2/C1=C1/Nc2ccccc2CS1. The fourth-order valence-electron chi connectivity index (χ4n) is 2.72. The van der Waals surface area contributed by atoms with E-state index in [9.17, 15) is 9.70 Å². The van der Waals surface area contributed by atoms with Crippen molar-refractivity contribution >= 4 is 40.3 Å². The van der Waals surface area contributed by atoms with E-state index < -0.39 is 0 Å². The normalized spacial score (nSPS) is 18.7. The third-order valence-electron chi connectivity index (χ3n) is 3.83. The van der Waals surface area contributed by atoms with Crippen LogP contribution in [0.2, 0.25) is 0 Å². The Morgan fingerprint density at radius 2 is 1.91 bits per heavy atom. The molecule has 1 amide bonds. The van der Waals surface area contributed by atoms with Crippen molar-refractivity contribution in [2.75, 3.05) is 10.6 Å². The quantitative estimate of drug-likeness (QED) is 0.552. The molecule has 0 radical (unpaired) electrons. The molecule has 0 bridgehead atoms. The molecule has 2 aromatic carbocycles. The van der Waals surface area contributed by atoms with Gasteiger partial charge in [-0.15, -0.1) is 11.8 Å². The average Bonchev–Trinajstić information content (AvgIpc) is 2.89. The van der Waals surface area contributed by atoms with E-state index in [0.29, 0.717) is 11.3 Å². The molecule has 2 aliphatic heterocycles. The number of rotatable bonds is 1. The summed E-state index contributed by atoms with van der Waals surface area (Å²) >= 11 is 1.57. The number of hydrogen-bond acceptors (Lipinski definition) is 4. The standard InChI is InChI=1S/C16H11N3O3S/c20-15-14(11-6-5-10(19(21)22)7-13(11)17-15)16-18-12-4-2-1-3-9(12)8-23-16/h1-7H,8H2,(H2-,17,18,20,21,22)/p+1. The molecule has 0 atom stereocenters. The van der Waals surface area contributed by atoms with Crippen LogP contribution < -0.4 is 10.6 Å². The Hall–Kier alpha value is -2.80. The number of fused-ring (bicyclic) bond motifs is 2. The van der Waals surface area contributed by atoms with Gasteiger partial charge in [0, 0.05) is 29.1 Å². The van der Waals surface area contributed by atoms with Crippen LogP contribution in [0.5, 0.6) is 0 Å². The minimum Gasteiger partial charge on any atom is -0.349 e. The lowest BCUT2D eigenvalue weighted by Gasteiger charge is -2.21. The van der Waals surface area contributed by atoms with Crippen molar-refractivity contribution in [2.45, 2.75) is 5.75 Å². The molecule has 0 aliphatic carbocycles. The topological polar surface area (TPSA) is 81.4 Å². The van der Waals surface area contributed by atoms with Gasteiger partial charge >= 0.3 is 5.69 Å². The fraction of sp³-hybridized carbons (Fsp3) is 0.0625. The molecule has 0 fully saturated rings. The van der Waals surface area contributed by atoms with Crippen molar-refractivity contribution in [3.05, 3.63) is 63.5 Å². The zero-order chi connectivity index (χ0) is 16.0. The molecule has 7 heteroatoms. The largest absolute Gasteiger partial charge is 0.349 e. The summed E-state index contributed by atoms with van der Waals surface area (Å²) < 4.78 is 0. The van der Waals surface area contributed by atoms with E-state index in [1.165, 1.54) is 17.7 Å². The number of nitrogens with one attached hydrogen (secondary N) is 2. The molecule has 2 heterocycles. The summed E-state index contributed by atoms with van der Waals surface area (Å²) in [5.41, 5.74) is 4.05. The maximum absolute atomic E-state index is 12.3. The van der Waals surface area contributed by atoms with Gasteiger partial charge in [0.15, 0.2) is 0 Å². The van der Waals surface area contributed by atoms with Crippen molar-refractivity contribution in [3.8, 4) is 0 Å². The molecule has 0 saturated carbocycles. The Kier molecular flexibility index (Phi) is 3.09. The summed E-state index contributed by atoms with van der Waals surface area (Å²) in [7, 11) is 0. The van der Waals surface area contributed by atoms with Gasteiger partial charge in [0.05, 0.1) is 21.2 Å². The number of para-hydroxylation sites is 1. The number of carbonyl (C=O) groups excluding carboxylic acids is 1. The van der Waals surface area contributed by atoms with Crippen LogP contribution in [0, 0.1) is 4.91 Å². The molecule has 2 aromatic rings. The predicted molar refractivity (Wildman–Crippen MR) is 88.4 cm³/mol. The number of anilines is 2. The van der Waals surface area contributed by atoms with Crippen LogP contribution in [0.25, 0.3) is 5.57 Å². The second-order valence-corrected chi connectivity index (χ2v) is 6.22. The van der Waals surface area contributed by atoms with Gasteiger partial charge in [-0.05, 0) is 17.7 Å². The van der Waals surface area contributed by atoms with E-state index in [1.54, 1.807) is 17.8 Å². The number of hydrogen-bond donors (Lipinski definition) is 3. The second kappa shape index (κ2) is 5.13. The van der Waals surface area contributed by atoms with Crippen molar-refractivity contribution < 1.29 is 14.9 Å². The minimum absolute atomic E-state index is 0.0740. The Bertz CT molecular complexity index is 892. The minimum atomic E-state index is -0.221. The smallest absolute Gasteiger partial charge is 0.318 e. The third-order valence-corrected chi connectivity index (χ3v) is 4.88. The maximum Gasteiger partial charge on any atom is 0.318 e. The molecule has 4 rings (SSSR count). The summed E-state index contributed by atoms with van der Waals surface area (Å²) in [4.78, 5) is 23.1. The Labute approximate surface area is 135 Å². The van der Waals surface area contributed by atoms with Gasteiger partial charge in [0.2, 0.25) is 0 Å². The highest BCUT2D eigenvalue weighted by molar-refractivity contribution is 8.02. The zero-order valence-corrected chi connectivity index (χ0v) is 12.7. The zero-order valence-electron chi connectivity index (χ0n) is 11.9. The molecule has 3 N–H and O–H groups in total.